The number of nitrogens with one attached hydrogen (secondary N) is 8. The number of hydrogen-bond acceptors (Lipinski definition) is 15. The molecule has 0 aliphatic carbocycles. The molecule has 1 aromatic carbocycles. The van der Waals surface area contributed by atoms with Crippen molar-refractivity contribution in [2.45, 2.75) is 188 Å². The minimum Gasteiger partial charge on any atom is -0.467 e. The maximum atomic E-state index is 14.4. The third kappa shape index (κ3) is 31.6. The number of ether oxygens (including phenoxy) is 6. The third-order valence-electron chi connectivity index (χ3n) is 9.24. The van der Waals surface area contributed by atoms with E-state index >= 15 is 0 Å². The lowest BCUT2D eigenvalue weighted by Gasteiger charge is -2.27. The second-order valence-electron chi connectivity index (χ2n) is 20.7. The molecule has 72 heavy (non-hydrogen) atoms. The van der Waals surface area contributed by atoms with Gasteiger partial charge < -0.3 is 71.0 Å². The molecular weight excluding hydrogens is 941 g/mol. The van der Waals surface area contributed by atoms with Gasteiger partial charge in [0, 0.05) is 26.2 Å². The fourth-order valence-corrected chi connectivity index (χ4v) is 6.16. The summed E-state index contributed by atoms with van der Waals surface area (Å²) in [6.45, 7) is 20.4. The first kappa shape index (κ1) is 63.5. The molecule has 0 aromatic heterocycles. The fourth-order valence-electron chi connectivity index (χ4n) is 6.16. The first-order valence-electron chi connectivity index (χ1n) is 24.2. The summed E-state index contributed by atoms with van der Waals surface area (Å²) in [7, 11) is 1.13. The number of benzene rings is 1. The zero-order valence-corrected chi connectivity index (χ0v) is 44.5. The first-order valence-corrected chi connectivity index (χ1v) is 24.2. The van der Waals surface area contributed by atoms with Gasteiger partial charge in [-0.05, 0) is 140 Å². The molecule has 0 radical (unpaired) electrons. The number of rotatable bonds is 26. The normalized spacial score (nSPS) is 13.2. The highest BCUT2D eigenvalue weighted by Crippen LogP contribution is 2.12. The van der Waals surface area contributed by atoms with Gasteiger partial charge in [-0.2, -0.15) is 0 Å². The molecular formula is C49H82N8O15. The zero-order chi connectivity index (χ0) is 54.7. The Balaban J connectivity index is 3.50. The standard InChI is InChI=1S/C49H82N8O15/c1-46(2,3)69-41(62)50-27-17-23-33(55-39(60)35(25-19-29-52-43(64)71-48(7,8)9)57-45(66)68-31-32-21-15-14-16-22-32)37(58)54-34(24-18-28-51-42(63)70-47(4,5)6)38(59)56-36(40(61)67-13)26-20-30-53-44(65)72-49(10,11)12/h14-16,21-22,33-36H,17-20,23-31H2,1-13H3,(H,50,62)(H,51,63)(H,52,64)(H,53,65)(H,54,58)(H,55,60)(H,56,59)(H,57,66)/t33-,34-,35-,36-/m1/s1. The predicted molar refractivity (Wildman–Crippen MR) is 265 cm³/mol. The van der Waals surface area contributed by atoms with Gasteiger partial charge in [0.2, 0.25) is 17.7 Å². The molecule has 4 atom stereocenters. The summed E-state index contributed by atoms with van der Waals surface area (Å²) in [6.07, 6.45) is -3.40. The Morgan fingerprint density at radius 1 is 0.417 bits per heavy atom. The molecule has 1 rings (SSSR count). The average molecular weight is 1020 g/mol. The van der Waals surface area contributed by atoms with E-state index in [0.29, 0.717) is 5.56 Å². The molecule has 23 nitrogen and oxygen atoms in total. The van der Waals surface area contributed by atoms with Crippen molar-refractivity contribution in [2.75, 3.05) is 33.3 Å². The van der Waals surface area contributed by atoms with Gasteiger partial charge in [-0.25, -0.2) is 28.8 Å². The Labute approximate surface area is 424 Å². The van der Waals surface area contributed by atoms with Crippen LogP contribution in [0.5, 0.6) is 0 Å². The fraction of sp³-hybridized carbons (Fsp3) is 0.694. The topological polar surface area (TPSA) is 305 Å². The molecule has 408 valence electrons. The highest BCUT2D eigenvalue weighted by molar-refractivity contribution is 5.94. The van der Waals surface area contributed by atoms with Gasteiger partial charge >= 0.3 is 36.4 Å². The van der Waals surface area contributed by atoms with Crippen molar-refractivity contribution in [3.05, 3.63) is 35.9 Å². The molecule has 0 fully saturated rings. The van der Waals surface area contributed by atoms with E-state index in [9.17, 15) is 43.2 Å². The van der Waals surface area contributed by atoms with Crippen LogP contribution in [0.3, 0.4) is 0 Å². The van der Waals surface area contributed by atoms with Crippen LogP contribution in [0.25, 0.3) is 0 Å². The molecule has 0 heterocycles. The minimum absolute atomic E-state index is 0.00221. The first-order chi connectivity index (χ1) is 33.4. The molecule has 0 aliphatic rings. The van der Waals surface area contributed by atoms with Crippen LogP contribution in [-0.2, 0) is 54.2 Å². The van der Waals surface area contributed by atoms with Crippen LogP contribution in [0.2, 0.25) is 0 Å². The Morgan fingerprint density at radius 2 is 0.708 bits per heavy atom. The van der Waals surface area contributed by atoms with Gasteiger partial charge in [0.15, 0.2) is 0 Å². The van der Waals surface area contributed by atoms with Crippen LogP contribution >= 0.6 is 0 Å². The number of methoxy groups -OCH3 is 1. The summed E-state index contributed by atoms with van der Waals surface area (Å²) in [5.41, 5.74) is -2.42. The monoisotopic (exact) mass is 1020 g/mol. The molecule has 0 aliphatic heterocycles. The molecule has 0 bridgehead atoms. The van der Waals surface area contributed by atoms with Crippen LogP contribution in [-0.4, -0.2) is 134 Å². The van der Waals surface area contributed by atoms with Crippen LogP contribution < -0.4 is 42.5 Å². The van der Waals surface area contributed by atoms with Crippen LogP contribution in [0.15, 0.2) is 30.3 Å². The smallest absolute Gasteiger partial charge is 0.408 e. The molecule has 0 unspecified atom stereocenters. The largest absolute Gasteiger partial charge is 0.467 e. The van der Waals surface area contributed by atoms with Crippen molar-refractivity contribution in [3.8, 4) is 0 Å². The lowest BCUT2D eigenvalue weighted by molar-refractivity contribution is -0.145. The van der Waals surface area contributed by atoms with E-state index < -0.39 is 101 Å². The van der Waals surface area contributed by atoms with Crippen molar-refractivity contribution in [3.63, 3.8) is 0 Å². The van der Waals surface area contributed by atoms with Crippen LogP contribution in [0, 0.1) is 0 Å². The van der Waals surface area contributed by atoms with Crippen molar-refractivity contribution in [1.82, 2.24) is 42.5 Å². The summed E-state index contributed by atoms with van der Waals surface area (Å²) in [5.74, 6) is -3.29. The molecule has 8 N–H and O–H groups in total. The minimum atomic E-state index is -1.40. The van der Waals surface area contributed by atoms with E-state index in [1.807, 2.05) is 0 Å². The molecule has 8 amide bonds. The van der Waals surface area contributed by atoms with Gasteiger partial charge in [0.05, 0.1) is 7.11 Å². The quantitative estimate of drug-likeness (QED) is 0.0339. The summed E-state index contributed by atoms with van der Waals surface area (Å²) in [4.78, 5) is 118. The van der Waals surface area contributed by atoms with Gasteiger partial charge in [-0.15, -0.1) is 0 Å². The van der Waals surface area contributed by atoms with E-state index in [0.717, 1.165) is 7.11 Å². The van der Waals surface area contributed by atoms with Gasteiger partial charge in [0.1, 0.15) is 53.2 Å². The van der Waals surface area contributed by atoms with E-state index in [4.69, 9.17) is 28.4 Å². The molecule has 0 saturated carbocycles. The Hall–Kier alpha value is -6.55. The average Bonchev–Trinajstić information content (AvgIpc) is 3.24. The lowest BCUT2D eigenvalue weighted by atomic mass is 10.0. The lowest BCUT2D eigenvalue weighted by Crippen LogP contribution is -2.58. The van der Waals surface area contributed by atoms with Crippen LogP contribution in [0.1, 0.15) is 140 Å². The predicted octanol–water partition coefficient (Wildman–Crippen LogP) is 5.13. The number of carbonyl (C=O) groups excluding carboxylic acids is 9. The van der Waals surface area contributed by atoms with Gasteiger partial charge in [-0.1, -0.05) is 30.3 Å². The third-order valence-corrected chi connectivity index (χ3v) is 9.24. The zero-order valence-electron chi connectivity index (χ0n) is 44.5. The van der Waals surface area contributed by atoms with Gasteiger partial charge in [-0.3, -0.25) is 14.4 Å². The number of hydrogen-bond donors (Lipinski definition) is 8. The SMILES string of the molecule is COC(=O)[C@@H](CCCNC(=O)OC(C)(C)C)NC(=O)[C@@H](CCCNC(=O)OC(C)(C)C)NC(=O)[C@@H](CCCNC(=O)OC(C)(C)C)NC(=O)[C@@H](CCCNC(=O)OC(C)(C)C)NC(=O)OCc1ccccc1. The molecule has 1 aromatic rings. The van der Waals surface area contributed by atoms with Crippen molar-refractivity contribution < 1.29 is 71.6 Å². The highest BCUT2D eigenvalue weighted by Gasteiger charge is 2.32. The Bertz CT molecular complexity index is 1910. The number of carbonyl (C=O) groups is 9. The van der Waals surface area contributed by atoms with E-state index in [2.05, 4.69) is 42.5 Å². The maximum Gasteiger partial charge on any atom is 0.408 e. The van der Waals surface area contributed by atoms with Gasteiger partial charge in [0.25, 0.3) is 0 Å². The van der Waals surface area contributed by atoms with Crippen molar-refractivity contribution in [2.24, 2.45) is 0 Å². The number of amides is 8. The molecule has 0 saturated heterocycles. The second-order valence-corrected chi connectivity index (χ2v) is 20.7. The molecule has 0 spiro atoms. The summed E-state index contributed by atoms with van der Waals surface area (Å²) in [5, 5.41) is 20.9. The second kappa shape index (κ2) is 31.0. The van der Waals surface area contributed by atoms with E-state index in [1.165, 1.54) is 0 Å². The maximum absolute atomic E-state index is 14.4. The number of alkyl carbamates (subject to hydrolysis) is 5. The van der Waals surface area contributed by atoms with Crippen molar-refractivity contribution >= 4 is 54.2 Å². The Kier molecular flexibility index (Phi) is 27.3. The van der Waals surface area contributed by atoms with E-state index in [-0.39, 0.29) is 84.2 Å². The van der Waals surface area contributed by atoms with Crippen LogP contribution in [0.4, 0.5) is 24.0 Å². The molecule has 23 heteroatoms. The summed E-state index contributed by atoms with van der Waals surface area (Å²) < 4.78 is 31.5. The number of esters is 1. The summed E-state index contributed by atoms with van der Waals surface area (Å²) >= 11 is 0. The van der Waals surface area contributed by atoms with Crippen molar-refractivity contribution in [1.29, 1.82) is 0 Å². The summed E-state index contributed by atoms with van der Waals surface area (Å²) in [6, 6.07) is 3.51. The Morgan fingerprint density at radius 3 is 1.01 bits per heavy atom. The highest BCUT2D eigenvalue weighted by atomic mass is 16.6. The van der Waals surface area contributed by atoms with E-state index in [1.54, 1.807) is 113 Å².